The van der Waals surface area contributed by atoms with Crippen molar-refractivity contribution in [1.29, 1.82) is 0 Å². The van der Waals surface area contributed by atoms with Crippen LogP contribution in [0.3, 0.4) is 0 Å². The molecule has 0 aliphatic heterocycles. The average molecular weight is 403 g/mol. The molecule has 0 spiro atoms. The van der Waals surface area contributed by atoms with Gasteiger partial charge in [-0.3, -0.25) is 0 Å². The molecule has 0 fully saturated rings. The maximum Gasteiger partial charge on any atom is 0.131 e. The second-order valence-corrected chi connectivity index (χ2v) is 8.61. The Kier molecular flexibility index (Phi) is 8.76. The Morgan fingerprint density at radius 1 is 0.933 bits per heavy atom. The lowest BCUT2D eigenvalue weighted by Crippen LogP contribution is -2.05. The maximum absolute atomic E-state index is 14.5. The predicted octanol–water partition coefficient (Wildman–Crippen LogP) is 8.49. The van der Waals surface area contributed by atoms with Gasteiger partial charge in [0.15, 0.2) is 0 Å². The molecule has 3 rings (SSSR count). The molecule has 1 heteroatoms. The lowest BCUT2D eigenvalue weighted by atomic mass is 9.86. The van der Waals surface area contributed by atoms with Crippen molar-refractivity contribution in [2.24, 2.45) is 5.92 Å². The summed E-state index contributed by atoms with van der Waals surface area (Å²) >= 11 is 0. The Hall–Kier alpha value is -2.33. The molecule has 0 nitrogen and oxygen atoms in total. The van der Waals surface area contributed by atoms with E-state index in [9.17, 15) is 4.39 Å². The first-order valence-corrected chi connectivity index (χ1v) is 11.8. The van der Waals surface area contributed by atoms with Gasteiger partial charge in [-0.15, -0.1) is 0 Å². The van der Waals surface area contributed by atoms with E-state index < -0.39 is 0 Å². The van der Waals surface area contributed by atoms with E-state index in [1.54, 1.807) is 6.07 Å². The Morgan fingerprint density at radius 2 is 1.77 bits per heavy atom. The molecule has 1 unspecified atom stereocenters. The number of rotatable bonds is 8. The summed E-state index contributed by atoms with van der Waals surface area (Å²) in [5, 5.41) is 0. The van der Waals surface area contributed by atoms with Gasteiger partial charge in [0.1, 0.15) is 5.82 Å². The minimum absolute atomic E-state index is 0.142. The average Bonchev–Trinajstić information content (AvgIpc) is 2.77. The fraction of sp³-hybridized carbons (Fsp3) is 0.448. The van der Waals surface area contributed by atoms with Crippen LogP contribution in [0, 0.1) is 23.6 Å². The van der Waals surface area contributed by atoms with Gasteiger partial charge in [-0.05, 0) is 66.5 Å². The SMILES string of the molecule is CCCCCCC1CC=C(C#Cc2ccc(-c3ccc(CCC)cc3F)cc2)CC1. The molecule has 2 aromatic carbocycles. The van der Waals surface area contributed by atoms with E-state index in [0.29, 0.717) is 5.56 Å². The first-order chi connectivity index (χ1) is 14.7. The van der Waals surface area contributed by atoms with E-state index in [-0.39, 0.29) is 5.82 Å². The van der Waals surface area contributed by atoms with Crippen molar-refractivity contribution in [3.8, 4) is 23.0 Å². The minimum Gasteiger partial charge on any atom is -0.206 e. The van der Waals surface area contributed by atoms with Crippen molar-refractivity contribution in [2.75, 3.05) is 0 Å². The molecule has 1 atom stereocenters. The molecule has 30 heavy (non-hydrogen) atoms. The molecule has 0 N–H and O–H groups in total. The van der Waals surface area contributed by atoms with E-state index in [0.717, 1.165) is 41.9 Å². The van der Waals surface area contributed by atoms with Gasteiger partial charge in [0.2, 0.25) is 0 Å². The van der Waals surface area contributed by atoms with Crippen LogP contribution in [-0.4, -0.2) is 0 Å². The summed E-state index contributed by atoms with van der Waals surface area (Å²) in [6.07, 6.45) is 14.7. The van der Waals surface area contributed by atoms with Crippen LogP contribution in [0.5, 0.6) is 0 Å². The van der Waals surface area contributed by atoms with E-state index in [2.05, 4.69) is 31.8 Å². The van der Waals surface area contributed by atoms with E-state index in [1.807, 2.05) is 36.4 Å². The number of hydrogen-bond acceptors (Lipinski definition) is 0. The molecular weight excluding hydrogens is 367 g/mol. The number of halogens is 1. The van der Waals surface area contributed by atoms with E-state index >= 15 is 0 Å². The number of benzene rings is 2. The van der Waals surface area contributed by atoms with Crippen molar-refractivity contribution in [2.45, 2.75) is 78.1 Å². The molecule has 1 aliphatic rings. The smallest absolute Gasteiger partial charge is 0.131 e. The molecule has 1 aliphatic carbocycles. The summed E-state index contributed by atoms with van der Waals surface area (Å²) < 4.78 is 14.5. The Balaban J connectivity index is 1.57. The number of allylic oxidation sites excluding steroid dienone is 2. The van der Waals surface area contributed by atoms with Gasteiger partial charge in [0, 0.05) is 11.1 Å². The highest BCUT2D eigenvalue weighted by Crippen LogP contribution is 2.28. The highest BCUT2D eigenvalue weighted by Gasteiger charge is 2.13. The molecule has 0 bridgehead atoms. The fourth-order valence-electron chi connectivity index (χ4n) is 4.25. The van der Waals surface area contributed by atoms with Gasteiger partial charge in [-0.2, -0.15) is 0 Å². The second-order valence-electron chi connectivity index (χ2n) is 8.61. The lowest BCUT2D eigenvalue weighted by Gasteiger charge is -2.19. The van der Waals surface area contributed by atoms with Crippen molar-refractivity contribution in [3.63, 3.8) is 0 Å². The molecule has 0 amide bonds. The van der Waals surface area contributed by atoms with Gasteiger partial charge >= 0.3 is 0 Å². The predicted molar refractivity (Wildman–Crippen MR) is 127 cm³/mol. The van der Waals surface area contributed by atoms with Crippen LogP contribution in [0.25, 0.3) is 11.1 Å². The largest absolute Gasteiger partial charge is 0.206 e. The Morgan fingerprint density at radius 3 is 2.43 bits per heavy atom. The van der Waals surface area contributed by atoms with Crippen molar-refractivity contribution < 1.29 is 4.39 Å². The van der Waals surface area contributed by atoms with Crippen LogP contribution in [-0.2, 0) is 6.42 Å². The molecule has 158 valence electrons. The Labute approximate surface area is 182 Å². The third kappa shape index (κ3) is 6.60. The van der Waals surface area contributed by atoms with Gasteiger partial charge in [-0.25, -0.2) is 4.39 Å². The Bertz CT molecular complexity index is 892. The fourth-order valence-corrected chi connectivity index (χ4v) is 4.25. The first-order valence-electron chi connectivity index (χ1n) is 11.8. The molecule has 0 saturated heterocycles. The summed E-state index contributed by atoms with van der Waals surface area (Å²) in [6.45, 7) is 4.38. The van der Waals surface area contributed by atoms with Crippen LogP contribution in [0.15, 0.2) is 54.1 Å². The lowest BCUT2D eigenvalue weighted by molar-refractivity contribution is 0.417. The summed E-state index contributed by atoms with van der Waals surface area (Å²) in [5.41, 5.74) is 4.90. The zero-order valence-corrected chi connectivity index (χ0v) is 18.6. The van der Waals surface area contributed by atoms with Crippen LogP contribution in [0.4, 0.5) is 4.39 Å². The highest BCUT2D eigenvalue weighted by molar-refractivity contribution is 5.65. The minimum atomic E-state index is -0.142. The van der Waals surface area contributed by atoms with E-state index in [1.165, 1.54) is 50.5 Å². The van der Waals surface area contributed by atoms with Gasteiger partial charge < -0.3 is 0 Å². The standard InChI is InChI=1S/C29H35F/c1-3-5-6-7-9-23-10-12-24(13-11-23)14-15-25-16-19-27(20-17-25)28-21-18-26(8-4-2)22-29(28)30/h12,16-23H,3-11,13H2,1-2H3. The monoisotopic (exact) mass is 402 g/mol. The molecule has 0 radical (unpaired) electrons. The third-order valence-corrected chi connectivity index (χ3v) is 6.12. The molecule has 2 aromatic rings. The normalized spacial score (nSPS) is 16.0. The second kappa shape index (κ2) is 11.8. The quantitative estimate of drug-likeness (QED) is 0.307. The topological polar surface area (TPSA) is 0 Å². The van der Waals surface area contributed by atoms with Crippen LogP contribution in [0.1, 0.15) is 82.8 Å². The maximum atomic E-state index is 14.5. The van der Waals surface area contributed by atoms with Crippen LogP contribution >= 0.6 is 0 Å². The van der Waals surface area contributed by atoms with Crippen LogP contribution < -0.4 is 0 Å². The van der Waals surface area contributed by atoms with Crippen LogP contribution in [0.2, 0.25) is 0 Å². The third-order valence-electron chi connectivity index (χ3n) is 6.12. The van der Waals surface area contributed by atoms with Crippen molar-refractivity contribution in [3.05, 3.63) is 71.1 Å². The molecule has 0 saturated carbocycles. The first kappa shape index (κ1) is 22.4. The summed E-state index contributed by atoms with van der Waals surface area (Å²) in [7, 11) is 0. The molecular formula is C29H35F. The highest BCUT2D eigenvalue weighted by atomic mass is 19.1. The zero-order valence-electron chi connectivity index (χ0n) is 18.6. The van der Waals surface area contributed by atoms with Gasteiger partial charge in [0.05, 0.1) is 0 Å². The zero-order chi connectivity index (χ0) is 21.2. The van der Waals surface area contributed by atoms with E-state index in [4.69, 9.17) is 0 Å². The summed E-state index contributed by atoms with van der Waals surface area (Å²) in [6, 6.07) is 13.5. The molecule has 0 aromatic heterocycles. The number of aryl methyl sites for hydroxylation is 1. The van der Waals surface area contributed by atoms with Gasteiger partial charge in [0.25, 0.3) is 0 Å². The molecule has 0 heterocycles. The summed E-state index contributed by atoms with van der Waals surface area (Å²) in [4.78, 5) is 0. The number of hydrogen-bond donors (Lipinski definition) is 0. The van der Waals surface area contributed by atoms with Crippen molar-refractivity contribution >= 4 is 0 Å². The summed E-state index contributed by atoms with van der Waals surface area (Å²) in [5.74, 6) is 7.37. The van der Waals surface area contributed by atoms with Gasteiger partial charge in [-0.1, -0.05) is 94.6 Å². The number of unbranched alkanes of at least 4 members (excludes halogenated alkanes) is 3. The van der Waals surface area contributed by atoms with Crippen molar-refractivity contribution in [1.82, 2.24) is 0 Å².